The molecule has 0 fully saturated rings. The van der Waals surface area contributed by atoms with Gasteiger partial charge >= 0.3 is 11.9 Å². The molecule has 0 aliphatic heterocycles. The second-order valence-corrected chi connectivity index (χ2v) is 3.68. The predicted octanol–water partition coefficient (Wildman–Crippen LogP) is 0.992. The van der Waals surface area contributed by atoms with Crippen LogP contribution in [0.5, 0.6) is 0 Å². The van der Waals surface area contributed by atoms with E-state index < -0.39 is 11.9 Å². The number of benzene rings is 1. The van der Waals surface area contributed by atoms with Gasteiger partial charge in [-0.1, -0.05) is 12.1 Å². The van der Waals surface area contributed by atoms with Gasteiger partial charge in [0.1, 0.15) is 0 Å². The van der Waals surface area contributed by atoms with Crippen LogP contribution in [0.3, 0.4) is 0 Å². The van der Waals surface area contributed by atoms with E-state index >= 15 is 0 Å². The van der Waals surface area contributed by atoms with Crippen LogP contribution in [0.1, 0.15) is 22.3 Å². The average molecular weight is 237 g/mol. The Hall–Kier alpha value is -1.88. The lowest BCUT2D eigenvalue weighted by atomic mass is 10.1. The topological polar surface area (TPSA) is 86.6 Å². The Labute approximate surface area is 99.1 Å². The molecule has 1 aromatic rings. The first kappa shape index (κ1) is 13.2. The molecule has 0 saturated carbocycles. The Morgan fingerprint density at radius 2 is 2.00 bits per heavy atom. The first-order valence-electron chi connectivity index (χ1n) is 5.34. The molecule has 0 saturated heterocycles. The van der Waals surface area contributed by atoms with Gasteiger partial charge in [0.2, 0.25) is 0 Å². The van der Waals surface area contributed by atoms with Crippen LogP contribution in [0.4, 0.5) is 0 Å². The number of carboxylic acids is 2. The van der Waals surface area contributed by atoms with Crippen LogP contribution in [0, 0.1) is 0 Å². The Bertz CT molecular complexity index is 403. The second-order valence-electron chi connectivity index (χ2n) is 3.68. The number of rotatable bonds is 7. The van der Waals surface area contributed by atoms with Crippen molar-refractivity contribution in [2.45, 2.75) is 12.8 Å². The summed E-state index contributed by atoms with van der Waals surface area (Å²) in [6.07, 6.45) is 1.50. The van der Waals surface area contributed by atoms with Crippen LogP contribution in [-0.4, -0.2) is 35.2 Å². The van der Waals surface area contributed by atoms with E-state index in [0.717, 1.165) is 18.4 Å². The zero-order valence-electron chi connectivity index (χ0n) is 9.35. The molecule has 0 atom stereocenters. The molecule has 0 aromatic heterocycles. The van der Waals surface area contributed by atoms with Gasteiger partial charge in [-0.2, -0.15) is 0 Å². The number of aryl methyl sites for hydroxylation is 1. The Balaban J connectivity index is 2.34. The van der Waals surface area contributed by atoms with Crippen LogP contribution in [0.25, 0.3) is 0 Å². The van der Waals surface area contributed by atoms with Gasteiger partial charge in [0.25, 0.3) is 0 Å². The molecule has 92 valence electrons. The SMILES string of the molecule is O=C(O)CNCCCc1cccc(C(=O)O)c1. The molecule has 0 unspecified atom stereocenters. The van der Waals surface area contributed by atoms with Crippen molar-refractivity contribution in [2.24, 2.45) is 0 Å². The Kier molecular flexibility index (Phi) is 5.16. The fraction of sp³-hybridized carbons (Fsp3) is 0.333. The van der Waals surface area contributed by atoms with Crippen LogP contribution < -0.4 is 5.32 Å². The van der Waals surface area contributed by atoms with Crippen LogP contribution in [0.15, 0.2) is 24.3 Å². The van der Waals surface area contributed by atoms with E-state index in [4.69, 9.17) is 10.2 Å². The molecule has 1 aromatic carbocycles. The van der Waals surface area contributed by atoms with Crippen molar-refractivity contribution >= 4 is 11.9 Å². The zero-order valence-corrected chi connectivity index (χ0v) is 9.35. The van der Waals surface area contributed by atoms with Gasteiger partial charge in [-0.05, 0) is 37.1 Å². The van der Waals surface area contributed by atoms with E-state index in [9.17, 15) is 9.59 Å². The summed E-state index contributed by atoms with van der Waals surface area (Å²) in [5.41, 5.74) is 1.23. The minimum atomic E-state index is -0.934. The van der Waals surface area contributed by atoms with E-state index in [0.29, 0.717) is 6.54 Å². The summed E-state index contributed by atoms with van der Waals surface area (Å²) in [7, 11) is 0. The molecule has 5 nitrogen and oxygen atoms in total. The van der Waals surface area contributed by atoms with Gasteiger partial charge < -0.3 is 15.5 Å². The van der Waals surface area contributed by atoms with Gasteiger partial charge in [0.05, 0.1) is 12.1 Å². The Morgan fingerprint density at radius 1 is 1.24 bits per heavy atom. The second kappa shape index (κ2) is 6.65. The lowest BCUT2D eigenvalue weighted by Crippen LogP contribution is -2.23. The number of carboxylic acid groups (broad SMARTS) is 2. The fourth-order valence-electron chi connectivity index (χ4n) is 1.47. The lowest BCUT2D eigenvalue weighted by molar-refractivity contribution is -0.135. The number of hydrogen-bond acceptors (Lipinski definition) is 3. The van der Waals surface area contributed by atoms with Gasteiger partial charge in [-0.3, -0.25) is 4.79 Å². The van der Waals surface area contributed by atoms with Crippen molar-refractivity contribution in [1.82, 2.24) is 5.32 Å². The minimum Gasteiger partial charge on any atom is -0.480 e. The summed E-state index contributed by atoms with van der Waals surface area (Å²) in [6.45, 7) is 0.554. The van der Waals surface area contributed by atoms with E-state index in [1.54, 1.807) is 18.2 Å². The monoisotopic (exact) mass is 237 g/mol. The van der Waals surface area contributed by atoms with Crippen molar-refractivity contribution in [3.8, 4) is 0 Å². The molecule has 1 rings (SSSR count). The third kappa shape index (κ3) is 5.12. The predicted molar refractivity (Wildman–Crippen MR) is 62.2 cm³/mol. The summed E-state index contributed by atoms with van der Waals surface area (Å²) in [4.78, 5) is 21.0. The normalized spacial score (nSPS) is 10.1. The van der Waals surface area contributed by atoms with Crippen molar-refractivity contribution in [3.05, 3.63) is 35.4 Å². The van der Waals surface area contributed by atoms with E-state index in [-0.39, 0.29) is 12.1 Å². The van der Waals surface area contributed by atoms with Crippen LogP contribution in [-0.2, 0) is 11.2 Å². The quantitative estimate of drug-likeness (QED) is 0.616. The molecule has 0 bridgehead atoms. The molecule has 0 aliphatic carbocycles. The molecular formula is C12H15NO4. The summed E-state index contributed by atoms with van der Waals surface area (Å²) < 4.78 is 0. The number of carbonyl (C=O) groups is 2. The van der Waals surface area contributed by atoms with Gasteiger partial charge in [0.15, 0.2) is 0 Å². The van der Waals surface area contributed by atoms with E-state index in [2.05, 4.69) is 5.32 Å². The highest BCUT2D eigenvalue weighted by atomic mass is 16.4. The first-order valence-corrected chi connectivity index (χ1v) is 5.34. The maximum Gasteiger partial charge on any atom is 0.335 e. The maximum atomic E-state index is 10.7. The Morgan fingerprint density at radius 3 is 2.65 bits per heavy atom. The van der Waals surface area contributed by atoms with Crippen molar-refractivity contribution < 1.29 is 19.8 Å². The summed E-state index contributed by atoms with van der Waals surface area (Å²) in [5, 5.41) is 20.0. The number of nitrogens with one attached hydrogen (secondary N) is 1. The fourth-order valence-corrected chi connectivity index (χ4v) is 1.47. The highest BCUT2D eigenvalue weighted by molar-refractivity contribution is 5.87. The molecule has 0 amide bonds. The van der Waals surface area contributed by atoms with Crippen molar-refractivity contribution in [2.75, 3.05) is 13.1 Å². The molecule has 17 heavy (non-hydrogen) atoms. The number of aliphatic carboxylic acids is 1. The lowest BCUT2D eigenvalue weighted by Gasteiger charge is -2.03. The van der Waals surface area contributed by atoms with E-state index in [1.807, 2.05) is 6.07 Å². The number of hydrogen-bond donors (Lipinski definition) is 3. The molecule has 0 heterocycles. The summed E-state index contributed by atoms with van der Waals surface area (Å²) in [6, 6.07) is 6.77. The summed E-state index contributed by atoms with van der Waals surface area (Å²) >= 11 is 0. The van der Waals surface area contributed by atoms with Crippen LogP contribution in [0.2, 0.25) is 0 Å². The molecule has 0 radical (unpaired) electrons. The van der Waals surface area contributed by atoms with Crippen molar-refractivity contribution in [1.29, 1.82) is 0 Å². The number of aromatic carboxylic acids is 1. The van der Waals surface area contributed by atoms with Crippen molar-refractivity contribution in [3.63, 3.8) is 0 Å². The third-order valence-corrected chi connectivity index (χ3v) is 2.27. The average Bonchev–Trinajstić information content (AvgIpc) is 2.28. The summed E-state index contributed by atoms with van der Waals surface area (Å²) in [5.74, 6) is -1.81. The van der Waals surface area contributed by atoms with Gasteiger partial charge in [-0.25, -0.2) is 4.79 Å². The smallest absolute Gasteiger partial charge is 0.335 e. The van der Waals surface area contributed by atoms with E-state index in [1.165, 1.54) is 0 Å². The largest absolute Gasteiger partial charge is 0.480 e. The van der Waals surface area contributed by atoms with Gasteiger partial charge in [0, 0.05) is 0 Å². The minimum absolute atomic E-state index is 0.0465. The maximum absolute atomic E-state index is 10.7. The molecule has 0 aliphatic rings. The van der Waals surface area contributed by atoms with Crippen LogP contribution >= 0.6 is 0 Å². The first-order chi connectivity index (χ1) is 8.09. The molecule has 3 N–H and O–H groups in total. The molecule has 0 spiro atoms. The highest BCUT2D eigenvalue weighted by Gasteiger charge is 2.03. The zero-order chi connectivity index (χ0) is 12.7. The van der Waals surface area contributed by atoms with Gasteiger partial charge in [-0.15, -0.1) is 0 Å². The third-order valence-electron chi connectivity index (χ3n) is 2.27. The standard InChI is InChI=1S/C12H15NO4/c14-11(15)8-13-6-2-4-9-3-1-5-10(7-9)12(16)17/h1,3,5,7,13H,2,4,6,8H2,(H,14,15)(H,16,17). The molecular weight excluding hydrogens is 222 g/mol. The highest BCUT2D eigenvalue weighted by Crippen LogP contribution is 2.07. The molecule has 5 heteroatoms.